The lowest BCUT2D eigenvalue weighted by molar-refractivity contribution is 0.0681. The van der Waals surface area contributed by atoms with E-state index in [0.29, 0.717) is 47.5 Å². The zero-order chi connectivity index (χ0) is 26.3. The van der Waals surface area contributed by atoms with E-state index in [9.17, 15) is 9.90 Å². The van der Waals surface area contributed by atoms with E-state index in [1.165, 1.54) is 0 Å². The Kier molecular flexibility index (Phi) is 6.45. The number of amides is 1. The summed E-state index contributed by atoms with van der Waals surface area (Å²) in [5.74, 6) is 1.28. The minimum absolute atomic E-state index is 0.0512. The Bertz CT molecular complexity index is 1440. The molecular formula is C27H33N7O3. The molecule has 0 saturated carbocycles. The van der Waals surface area contributed by atoms with Crippen LogP contribution in [0.15, 0.2) is 36.7 Å². The molecule has 0 unspecified atom stereocenters. The number of rotatable bonds is 6. The third kappa shape index (κ3) is 4.93. The molecule has 10 nitrogen and oxygen atoms in total. The number of hydrogen-bond donors (Lipinski definition) is 1. The molecule has 10 heteroatoms. The van der Waals surface area contributed by atoms with Crippen LogP contribution in [0, 0.1) is 5.92 Å². The maximum atomic E-state index is 13.7. The van der Waals surface area contributed by atoms with E-state index in [-0.39, 0.29) is 5.91 Å². The van der Waals surface area contributed by atoms with Gasteiger partial charge in [-0.2, -0.15) is 10.2 Å². The zero-order valence-corrected chi connectivity index (χ0v) is 22.0. The number of carbonyl (C=O) groups excluding carboxylic acids is 1. The first-order valence-electron chi connectivity index (χ1n) is 12.5. The summed E-state index contributed by atoms with van der Waals surface area (Å²) in [4.78, 5) is 24.4. The Balaban J connectivity index is 1.43. The smallest absolute Gasteiger partial charge is 0.257 e. The monoisotopic (exact) mass is 503 g/mol. The van der Waals surface area contributed by atoms with Crippen LogP contribution in [0.2, 0.25) is 0 Å². The summed E-state index contributed by atoms with van der Waals surface area (Å²) in [6, 6.07) is 7.52. The maximum absolute atomic E-state index is 13.7. The van der Waals surface area contributed by atoms with Gasteiger partial charge in [0.1, 0.15) is 17.0 Å². The van der Waals surface area contributed by atoms with Crippen LogP contribution in [0.3, 0.4) is 0 Å². The molecule has 1 aliphatic rings. The normalized spacial score (nSPS) is 14.9. The third-order valence-electron chi connectivity index (χ3n) is 7.02. The highest BCUT2D eigenvalue weighted by molar-refractivity contribution is 6.04. The van der Waals surface area contributed by atoms with Crippen molar-refractivity contribution in [3.63, 3.8) is 0 Å². The second kappa shape index (κ2) is 9.59. The van der Waals surface area contributed by atoms with Crippen LogP contribution in [0.1, 0.15) is 48.6 Å². The van der Waals surface area contributed by atoms with Crippen LogP contribution < -0.4 is 4.74 Å². The van der Waals surface area contributed by atoms with Crippen molar-refractivity contribution in [3.8, 4) is 17.1 Å². The van der Waals surface area contributed by atoms with Crippen LogP contribution in [0.4, 0.5) is 0 Å². The van der Waals surface area contributed by atoms with Gasteiger partial charge in [-0.15, -0.1) is 0 Å². The average molecular weight is 504 g/mol. The van der Waals surface area contributed by atoms with Crippen molar-refractivity contribution in [2.45, 2.75) is 38.7 Å². The Morgan fingerprint density at radius 3 is 2.57 bits per heavy atom. The molecule has 0 atom stereocenters. The lowest BCUT2D eigenvalue weighted by Crippen LogP contribution is -2.39. The molecule has 37 heavy (non-hydrogen) atoms. The van der Waals surface area contributed by atoms with E-state index < -0.39 is 5.60 Å². The van der Waals surface area contributed by atoms with Crippen molar-refractivity contribution < 1.29 is 14.6 Å². The second-order valence-corrected chi connectivity index (χ2v) is 10.3. The fourth-order valence-corrected chi connectivity index (χ4v) is 4.97. The van der Waals surface area contributed by atoms with Crippen LogP contribution >= 0.6 is 0 Å². The summed E-state index contributed by atoms with van der Waals surface area (Å²) >= 11 is 0. The number of hydrogen-bond acceptors (Lipinski definition) is 7. The van der Waals surface area contributed by atoms with Crippen molar-refractivity contribution in [2.24, 2.45) is 20.0 Å². The molecule has 1 saturated heterocycles. The summed E-state index contributed by atoms with van der Waals surface area (Å²) in [5, 5.41) is 20.4. The Labute approximate surface area is 215 Å². The number of aryl methyl sites for hydroxylation is 2. The predicted molar refractivity (Wildman–Crippen MR) is 139 cm³/mol. The van der Waals surface area contributed by atoms with Crippen molar-refractivity contribution in [2.75, 3.05) is 20.2 Å². The summed E-state index contributed by atoms with van der Waals surface area (Å²) in [6.07, 6.45) is 6.39. The molecule has 1 aliphatic heterocycles. The highest BCUT2D eigenvalue weighted by atomic mass is 16.5. The molecule has 0 spiro atoms. The van der Waals surface area contributed by atoms with Gasteiger partial charge in [0.25, 0.3) is 5.91 Å². The standard InChI is InChI=1S/C27H33N7O3/c1-27(2,36)26-28-10-6-21(29-26)24-19-15-20(23(37-5)16-22(19)33(4)31-24)25(35)34-12-7-17(8-13-34)14-18-9-11-32(3)30-18/h6,9-11,15-17,36H,7-8,12-14H2,1-5H3. The minimum Gasteiger partial charge on any atom is -0.496 e. The van der Waals surface area contributed by atoms with Crippen LogP contribution in [-0.4, -0.2) is 65.6 Å². The number of ether oxygens (including phenoxy) is 1. The van der Waals surface area contributed by atoms with Gasteiger partial charge in [-0.1, -0.05) is 0 Å². The van der Waals surface area contributed by atoms with Gasteiger partial charge in [0.2, 0.25) is 0 Å². The summed E-state index contributed by atoms with van der Waals surface area (Å²) in [5.41, 5.74) is 2.44. The number of aliphatic hydroxyl groups is 1. The predicted octanol–water partition coefficient (Wildman–Crippen LogP) is 3.09. The molecule has 5 rings (SSSR count). The molecule has 1 aromatic carbocycles. The van der Waals surface area contributed by atoms with Gasteiger partial charge < -0.3 is 14.7 Å². The second-order valence-electron chi connectivity index (χ2n) is 10.3. The van der Waals surface area contributed by atoms with Crippen LogP contribution in [-0.2, 0) is 26.1 Å². The minimum atomic E-state index is -1.19. The molecule has 0 bridgehead atoms. The van der Waals surface area contributed by atoms with Crippen molar-refractivity contribution in [1.82, 2.24) is 34.4 Å². The molecule has 194 valence electrons. The molecule has 1 N–H and O–H groups in total. The van der Waals surface area contributed by atoms with E-state index in [1.807, 2.05) is 42.0 Å². The highest BCUT2D eigenvalue weighted by Crippen LogP contribution is 2.34. The third-order valence-corrected chi connectivity index (χ3v) is 7.02. The lowest BCUT2D eigenvalue weighted by atomic mass is 9.92. The fraction of sp³-hybridized carbons (Fsp3) is 0.444. The lowest BCUT2D eigenvalue weighted by Gasteiger charge is -2.32. The summed E-state index contributed by atoms with van der Waals surface area (Å²) in [7, 11) is 5.35. The molecule has 4 aromatic rings. The number of carbonyl (C=O) groups is 1. The molecule has 1 fully saturated rings. The molecule has 4 heterocycles. The number of aromatic nitrogens is 6. The fourth-order valence-electron chi connectivity index (χ4n) is 4.97. The number of methoxy groups -OCH3 is 1. The van der Waals surface area contributed by atoms with Gasteiger partial charge in [-0.05, 0) is 57.2 Å². The molecular weight excluding hydrogens is 470 g/mol. The van der Waals surface area contributed by atoms with Crippen molar-refractivity contribution in [1.29, 1.82) is 0 Å². The van der Waals surface area contributed by atoms with E-state index in [0.717, 1.165) is 35.9 Å². The van der Waals surface area contributed by atoms with E-state index in [4.69, 9.17) is 4.74 Å². The first kappa shape index (κ1) is 24.9. The van der Waals surface area contributed by atoms with E-state index in [1.54, 1.807) is 37.9 Å². The van der Waals surface area contributed by atoms with Crippen LogP contribution in [0.25, 0.3) is 22.3 Å². The van der Waals surface area contributed by atoms with Gasteiger partial charge in [-0.3, -0.25) is 14.2 Å². The number of nitrogens with zero attached hydrogens (tertiary/aromatic N) is 7. The molecule has 1 amide bonds. The number of fused-ring (bicyclic) bond motifs is 1. The molecule has 3 aromatic heterocycles. The van der Waals surface area contributed by atoms with Gasteiger partial charge in [-0.25, -0.2) is 9.97 Å². The Morgan fingerprint density at radius 2 is 1.92 bits per heavy atom. The molecule has 0 aliphatic carbocycles. The van der Waals surface area contributed by atoms with Gasteiger partial charge in [0, 0.05) is 51.0 Å². The number of piperidine rings is 1. The van der Waals surface area contributed by atoms with Gasteiger partial charge >= 0.3 is 0 Å². The topological polar surface area (TPSA) is 111 Å². The molecule has 0 radical (unpaired) electrons. The van der Waals surface area contributed by atoms with Gasteiger partial charge in [0.05, 0.1) is 29.6 Å². The number of benzene rings is 1. The largest absolute Gasteiger partial charge is 0.496 e. The zero-order valence-electron chi connectivity index (χ0n) is 22.0. The highest BCUT2D eigenvalue weighted by Gasteiger charge is 2.28. The van der Waals surface area contributed by atoms with Crippen molar-refractivity contribution >= 4 is 16.8 Å². The SMILES string of the molecule is COc1cc2c(cc1C(=O)N1CCC(Cc3ccn(C)n3)CC1)c(-c1ccnc(C(C)(C)O)n1)nn2C. The first-order chi connectivity index (χ1) is 17.6. The average Bonchev–Trinajstić information content (AvgIpc) is 3.44. The van der Waals surface area contributed by atoms with Crippen LogP contribution in [0.5, 0.6) is 5.75 Å². The number of likely N-dealkylation sites (tertiary alicyclic amines) is 1. The van der Waals surface area contributed by atoms with Crippen molar-refractivity contribution in [3.05, 3.63) is 53.7 Å². The summed E-state index contributed by atoms with van der Waals surface area (Å²) in [6.45, 7) is 4.67. The quantitative estimate of drug-likeness (QED) is 0.430. The summed E-state index contributed by atoms with van der Waals surface area (Å²) < 4.78 is 9.22. The van der Waals surface area contributed by atoms with E-state index >= 15 is 0 Å². The Hall–Kier alpha value is -3.79. The maximum Gasteiger partial charge on any atom is 0.257 e. The van der Waals surface area contributed by atoms with Gasteiger partial charge in [0.15, 0.2) is 5.82 Å². The van der Waals surface area contributed by atoms with E-state index in [2.05, 4.69) is 26.2 Å². The Morgan fingerprint density at radius 1 is 1.16 bits per heavy atom. The first-order valence-corrected chi connectivity index (χ1v) is 12.5.